The lowest BCUT2D eigenvalue weighted by molar-refractivity contribution is 0.601. The third kappa shape index (κ3) is 2.58. The van der Waals surface area contributed by atoms with Gasteiger partial charge in [-0.3, -0.25) is 4.72 Å². The van der Waals surface area contributed by atoms with Crippen molar-refractivity contribution in [2.75, 3.05) is 4.72 Å². The van der Waals surface area contributed by atoms with Gasteiger partial charge in [0.05, 0.1) is 10.6 Å². The molecule has 5 nitrogen and oxygen atoms in total. The number of sulfonamides is 1. The number of nitrogens with one attached hydrogen (secondary N) is 1. The van der Waals surface area contributed by atoms with E-state index >= 15 is 0 Å². The molecule has 0 aliphatic heterocycles. The van der Waals surface area contributed by atoms with E-state index < -0.39 is 10.0 Å². The monoisotopic (exact) mass is 315 g/mol. The van der Waals surface area contributed by atoms with Crippen LogP contribution in [0.4, 0.5) is 5.13 Å². The van der Waals surface area contributed by atoms with Crippen LogP contribution in [-0.4, -0.2) is 18.4 Å². The maximum Gasteiger partial charge on any atom is 0.263 e. The maximum absolute atomic E-state index is 12.1. The molecule has 0 bridgehead atoms. The fraction of sp³-hybridized carbons (Fsp3) is 0.273. The largest absolute Gasteiger partial charge is 0.263 e. The molecule has 1 aliphatic rings. The zero-order valence-electron chi connectivity index (χ0n) is 9.76. The van der Waals surface area contributed by atoms with E-state index in [9.17, 15) is 8.42 Å². The van der Waals surface area contributed by atoms with Crippen molar-refractivity contribution in [1.29, 1.82) is 0 Å². The number of pyridine rings is 1. The summed E-state index contributed by atoms with van der Waals surface area (Å²) < 4.78 is 26.8. The van der Waals surface area contributed by atoms with Crippen LogP contribution >= 0.6 is 22.9 Å². The standard InChI is InChI=1S/C11H10ClN3O2S2/c12-10-6-7(4-5-13-10)19(16,17)15-11-14-8-2-1-3-9(8)18-11/h4-6H,1-3H2,(H,14,15). The van der Waals surface area contributed by atoms with E-state index in [4.69, 9.17) is 11.6 Å². The van der Waals surface area contributed by atoms with Crippen molar-refractivity contribution >= 4 is 38.1 Å². The van der Waals surface area contributed by atoms with Gasteiger partial charge in [-0.05, 0) is 31.4 Å². The number of rotatable bonds is 3. The fourth-order valence-electron chi connectivity index (χ4n) is 1.96. The Bertz CT molecular complexity index is 706. The van der Waals surface area contributed by atoms with Crippen molar-refractivity contribution < 1.29 is 8.42 Å². The number of fused-ring (bicyclic) bond motifs is 1. The Morgan fingerprint density at radius 3 is 2.95 bits per heavy atom. The van der Waals surface area contributed by atoms with E-state index in [0.29, 0.717) is 5.13 Å². The molecule has 3 rings (SSSR count). The Labute approximate surface area is 119 Å². The number of aryl methyl sites for hydroxylation is 2. The first-order chi connectivity index (χ1) is 9.04. The molecule has 1 N–H and O–H groups in total. The van der Waals surface area contributed by atoms with Crippen molar-refractivity contribution in [3.05, 3.63) is 34.1 Å². The van der Waals surface area contributed by atoms with Crippen LogP contribution in [0.25, 0.3) is 0 Å². The fourth-order valence-corrected chi connectivity index (χ4v) is 4.50. The van der Waals surface area contributed by atoms with Crippen molar-refractivity contribution in [3.63, 3.8) is 0 Å². The SMILES string of the molecule is O=S(=O)(Nc1nc2c(s1)CCC2)c1ccnc(Cl)c1. The summed E-state index contributed by atoms with van der Waals surface area (Å²) in [5, 5.41) is 0.558. The van der Waals surface area contributed by atoms with E-state index in [1.165, 1.54) is 34.5 Å². The van der Waals surface area contributed by atoms with Gasteiger partial charge in [0.2, 0.25) is 0 Å². The van der Waals surface area contributed by atoms with Gasteiger partial charge in [-0.15, -0.1) is 11.3 Å². The number of halogens is 1. The molecule has 2 aromatic heterocycles. The first-order valence-electron chi connectivity index (χ1n) is 5.67. The van der Waals surface area contributed by atoms with Gasteiger partial charge in [0.1, 0.15) is 5.15 Å². The van der Waals surface area contributed by atoms with Crippen LogP contribution in [0.15, 0.2) is 23.2 Å². The van der Waals surface area contributed by atoms with Crippen molar-refractivity contribution in [1.82, 2.24) is 9.97 Å². The van der Waals surface area contributed by atoms with Crippen LogP contribution in [0.1, 0.15) is 17.0 Å². The summed E-state index contributed by atoms with van der Waals surface area (Å²) in [6.07, 6.45) is 4.37. The second kappa shape index (κ2) is 4.73. The molecule has 0 saturated heterocycles. The quantitative estimate of drug-likeness (QED) is 0.883. The lowest BCUT2D eigenvalue weighted by Gasteiger charge is -2.04. The van der Waals surface area contributed by atoms with Crippen LogP contribution in [0.3, 0.4) is 0 Å². The van der Waals surface area contributed by atoms with E-state index in [2.05, 4.69) is 14.7 Å². The molecule has 8 heteroatoms. The Hall–Kier alpha value is -1.18. The third-order valence-corrected chi connectivity index (χ3v) is 5.57. The molecule has 0 atom stereocenters. The molecular weight excluding hydrogens is 306 g/mol. The summed E-state index contributed by atoms with van der Waals surface area (Å²) >= 11 is 7.10. The average molecular weight is 316 g/mol. The molecule has 19 heavy (non-hydrogen) atoms. The summed E-state index contributed by atoms with van der Waals surface area (Å²) in [5.41, 5.74) is 1.01. The smallest absolute Gasteiger partial charge is 0.255 e. The lowest BCUT2D eigenvalue weighted by Crippen LogP contribution is -2.13. The summed E-state index contributed by atoms with van der Waals surface area (Å²) in [5.74, 6) is 0. The van der Waals surface area contributed by atoms with Crippen molar-refractivity contribution in [2.24, 2.45) is 0 Å². The zero-order chi connectivity index (χ0) is 13.5. The van der Waals surface area contributed by atoms with E-state index in [-0.39, 0.29) is 10.0 Å². The maximum atomic E-state index is 12.1. The molecule has 1 aliphatic carbocycles. The highest BCUT2D eigenvalue weighted by molar-refractivity contribution is 7.93. The number of thiazole rings is 1. The molecule has 0 aromatic carbocycles. The Morgan fingerprint density at radius 1 is 1.37 bits per heavy atom. The van der Waals surface area contributed by atoms with Gasteiger partial charge in [-0.1, -0.05) is 11.6 Å². The minimum Gasteiger partial charge on any atom is -0.255 e. The molecule has 2 heterocycles. The molecule has 0 unspecified atom stereocenters. The van der Waals surface area contributed by atoms with Gasteiger partial charge in [-0.25, -0.2) is 18.4 Å². The number of hydrogen-bond donors (Lipinski definition) is 1. The highest BCUT2D eigenvalue weighted by Gasteiger charge is 2.21. The number of hydrogen-bond acceptors (Lipinski definition) is 5. The number of anilines is 1. The summed E-state index contributed by atoms with van der Waals surface area (Å²) in [7, 11) is -3.65. The average Bonchev–Trinajstić information content (AvgIpc) is 2.89. The summed E-state index contributed by atoms with van der Waals surface area (Å²) in [6, 6.07) is 2.71. The predicted molar refractivity (Wildman–Crippen MR) is 74.2 cm³/mol. The molecule has 0 amide bonds. The topological polar surface area (TPSA) is 72.0 Å². The summed E-state index contributed by atoms with van der Waals surface area (Å²) in [4.78, 5) is 9.32. The minimum absolute atomic E-state index is 0.0860. The Kier molecular flexibility index (Phi) is 3.20. The molecule has 0 saturated carbocycles. The molecule has 2 aromatic rings. The molecular formula is C11H10ClN3O2S2. The second-order valence-electron chi connectivity index (χ2n) is 4.16. The minimum atomic E-state index is -3.65. The van der Waals surface area contributed by atoms with Crippen LogP contribution in [-0.2, 0) is 22.9 Å². The van der Waals surface area contributed by atoms with Crippen molar-refractivity contribution in [2.45, 2.75) is 24.2 Å². The van der Waals surface area contributed by atoms with E-state index in [0.717, 1.165) is 25.0 Å². The van der Waals surface area contributed by atoms with Crippen LogP contribution in [0, 0.1) is 0 Å². The molecule has 100 valence electrons. The first kappa shape index (κ1) is 12.8. The van der Waals surface area contributed by atoms with Crippen LogP contribution in [0.2, 0.25) is 5.15 Å². The Morgan fingerprint density at radius 2 is 2.21 bits per heavy atom. The van der Waals surface area contributed by atoms with Gasteiger partial charge < -0.3 is 0 Å². The second-order valence-corrected chi connectivity index (χ2v) is 7.32. The first-order valence-corrected chi connectivity index (χ1v) is 8.35. The van der Waals surface area contributed by atoms with Gasteiger partial charge in [-0.2, -0.15) is 0 Å². The van der Waals surface area contributed by atoms with Crippen LogP contribution in [0.5, 0.6) is 0 Å². The lowest BCUT2D eigenvalue weighted by atomic mass is 10.4. The number of aromatic nitrogens is 2. The Balaban J connectivity index is 1.89. The number of nitrogens with zero attached hydrogens (tertiary/aromatic N) is 2. The van der Waals surface area contributed by atoms with E-state index in [1.807, 2.05) is 0 Å². The predicted octanol–water partition coefficient (Wildman–Crippen LogP) is 2.48. The highest BCUT2D eigenvalue weighted by Crippen LogP contribution is 2.31. The highest BCUT2D eigenvalue weighted by atomic mass is 35.5. The van der Waals surface area contributed by atoms with E-state index in [1.54, 1.807) is 0 Å². The third-order valence-electron chi connectivity index (χ3n) is 2.83. The summed E-state index contributed by atoms with van der Waals surface area (Å²) in [6.45, 7) is 0. The normalized spacial score (nSPS) is 14.4. The molecule has 0 spiro atoms. The van der Waals surface area contributed by atoms with Gasteiger partial charge >= 0.3 is 0 Å². The zero-order valence-corrected chi connectivity index (χ0v) is 12.1. The molecule has 0 fully saturated rings. The van der Waals surface area contributed by atoms with Gasteiger partial charge in [0.25, 0.3) is 10.0 Å². The van der Waals surface area contributed by atoms with Crippen molar-refractivity contribution in [3.8, 4) is 0 Å². The van der Waals surface area contributed by atoms with Crippen LogP contribution < -0.4 is 4.72 Å². The molecule has 0 radical (unpaired) electrons. The van der Waals surface area contributed by atoms with Gasteiger partial charge in [0.15, 0.2) is 5.13 Å². The van der Waals surface area contributed by atoms with Gasteiger partial charge in [0, 0.05) is 11.1 Å².